The lowest BCUT2D eigenvalue weighted by Crippen LogP contribution is -2.52. The Balaban J connectivity index is 1.51. The van der Waals surface area contributed by atoms with E-state index in [0.29, 0.717) is 17.9 Å². The van der Waals surface area contributed by atoms with E-state index >= 15 is 0 Å². The minimum atomic E-state index is -0.865. The van der Waals surface area contributed by atoms with E-state index in [0.717, 1.165) is 43.2 Å². The van der Waals surface area contributed by atoms with Crippen LogP contribution in [0.3, 0.4) is 0 Å². The van der Waals surface area contributed by atoms with Gasteiger partial charge in [0.15, 0.2) is 0 Å². The van der Waals surface area contributed by atoms with E-state index in [9.17, 15) is 15.2 Å². The molecule has 1 aromatic carbocycles. The van der Waals surface area contributed by atoms with E-state index in [-0.39, 0.29) is 36.1 Å². The van der Waals surface area contributed by atoms with Crippen molar-refractivity contribution in [1.82, 2.24) is 15.6 Å². The highest BCUT2D eigenvalue weighted by Crippen LogP contribution is 2.48. The first-order valence-electron chi connectivity index (χ1n) is 13.5. The van der Waals surface area contributed by atoms with E-state index in [1.54, 1.807) is 12.1 Å². The van der Waals surface area contributed by atoms with Crippen LogP contribution in [0, 0.1) is 16.7 Å². The zero-order valence-corrected chi connectivity index (χ0v) is 22.9. The second-order valence-corrected chi connectivity index (χ2v) is 12.0. The van der Waals surface area contributed by atoms with Crippen molar-refractivity contribution in [2.75, 3.05) is 20.3 Å². The molecule has 8 heteroatoms. The number of ether oxygens (including phenoxy) is 2. The highest BCUT2D eigenvalue weighted by molar-refractivity contribution is 5.77. The Morgan fingerprint density at radius 3 is 2.76 bits per heavy atom. The van der Waals surface area contributed by atoms with Crippen LogP contribution in [0.4, 0.5) is 0 Å². The van der Waals surface area contributed by atoms with Gasteiger partial charge in [0.25, 0.3) is 0 Å². The Morgan fingerprint density at radius 1 is 1.32 bits per heavy atom. The Hall–Kier alpha value is -2.99. The predicted molar refractivity (Wildman–Crippen MR) is 145 cm³/mol. The first kappa shape index (κ1) is 28.0. The largest absolute Gasteiger partial charge is 0.471 e. The van der Waals surface area contributed by atoms with Gasteiger partial charge in [-0.1, -0.05) is 32.9 Å². The van der Waals surface area contributed by atoms with Crippen molar-refractivity contribution in [3.8, 4) is 11.9 Å². The average molecular weight is 521 g/mol. The number of aliphatic hydroxyl groups excluding tert-OH is 1. The standard InChI is InChI=1S/C30H40N4O4/c1-29(2,3)14-22-12-23-25(15-30(9-6-10-30)38-28(23)33-17-22)32-18-26(35)24(34-27(36)19-37-4)13-20-7-5-8-21(11-20)16-31/h5,7-8,11-12,17,24-26,32,35H,6,9-10,13-15,18-19H2,1-4H3,(H,34,36)/t24-,25-,26-/m0/s1. The van der Waals surface area contributed by atoms with Gasteiger partial charge in [-0.15, -0.1) is 0 Å². The van der Waals surface area contributed by atoms with E-state index < -0.39 is 12.1 Å². The van der Waals surface area contributed by atoms with Gasteiger partial charge in [-0.25, -0.2) is 4.98 Å². The van der Waals surface area contributed by atoms with Crippen molar-refractivity contribution in [3.05, 3.63) is 58.8 Å². The van der Waals surface area contributed by atoms with Gasteiger partial charge < -0.3 is 25.2 Å². The summed E-state index contributed by atoms with van der Waals surface area (Å²) in [5.41, 5.74) is 3.54. The van der Waals surface area contributed by atoms with Gasteiger partial charge in [0.1, 0.15) is 12.2 Å². The molecule has 1 aliphatic carbocycles. The maximum atomic E-state index is 12.4. The molecule has 0 unspecified atom stereocenters. The maximum absolute atomic E-state index is 12.4. The van der Waals surface area contributed by atoms with Crippen LogP contribution in [0.5, 0.6) is 5.88 Å². The molecule has 38 heavy (non-hydrogen) atoms. The molecule has 1 fully saturated rings. The summed E-state index contributed by atoms with van der Waals surface area (Å²) in [7, 11) is 1.46. The van der Waals surface area contributed by atoms with Gasteiger partial charge in [-0.2, -0.15) is 5.26 Å². The van der Waals surface area contributed by atoms with Crippen molar-refractivity contribution < 1.29 is 19.4 Å². The van der Waals surface area contributed by atoms with E-state index in [1.165, 1.54) is 12.7 Å². The predicted octanol–water partition coefficient (Wildman–Crippen LogP) is 3.61. The molecule has 8 nitrogen and oxygen atoms in total. The van der Waals surface area contributed by atoms with Gasteiger partial charge >= 0.3 is 0 Å². The van der Waals surface area contributed by atoms with E-state index in [4.69, 9.17) is 14.5 Å². The van der Waals surface area contributed by atoms with Crippen LogP contribution in [0.25, 0.3) is 0 Å². The summed E-state index contributed by atoms with van der Waals surface area (Å²) in [5, 5.41) is 27.0. The highest BCUT2D eigenvalue weighted by Gasteiger charge is 2.46. The fourth-order valence-corrected chi connectivity index (χ4v) is 5.44. The monoisotopic (exact) mass is 520 g/mol. The fourth-order valence-electron chi connectivity index (χ4n) is 5.44. The molecule has 3 N–H and O–H groups in total. The first-order chi connectivity index (χ1) is 18.1. The molecule has 2 aliphatic rings. The van der Waals surface area contributed by atoms with Gasteiger partial charge in [0, 0.05) is 37.9 Å². The molecule has 1 saturated carbocycles. The number of carbonyl (C=O) groups is 1. The number of fused-ring (bicyclic) bond motifs is 1. The number of amides is 1. The van der Waals surface area contributed by atoms with Crippen LogP contribution < -0.4 is 15.4 Å². The molecule has 1 aliphatic heterocycles. The summed E-state index contributed by atoms with van der Waals surface area (Å²) >= 11 is 0. The van der Waals surface area contributed by atoms with Gasteiger partial charge in [-0.3, -0.25) is 4.79 Å². The molecule has 2 heterocycles. The minimum absolute atomic E-state index is 0.0154. The number of hydrogen-bond donors (Lipinski definition) is 3. The van der Waals surface area contributed by atoms with Crippen LogP contribution in [-0.4, -0.2) is 54.0 Å². The van der Waals surface area contributed by atoms with Crippen LogP contribution >= 0.6 is 0 Å². The lowest BCUT2D eigenvalue weighted by molar-refractivity contribution is -0.126. The number of nitrogens with one attached hydrogen (secondary N) is 2. The lowest BCUT2D eigenvalue weighted by Gasteiger charge is -2.47. The Morgan fingerprint density at radius 2 is 2.11 bits per heavy atom. The summed E-state index contributed by atoms with van der Waals surface area (Å²) < 4.78 is 11.4. The van der Waals surface area contributed by atoms with Crippen molar-refractivity contribution in [1.29, 1.82) is 5.26 Å². The summed E-state index contributed by atoms with van der Waals surface area (Å²) in [6.07, 6.45) is 6.32. The molecular weight excluding hydrogens is 480 g/mol. The summed E-state index contributed by atoms with van der Waals surface area (Å²) in [4.78, 5) is 17.1. The molecule has 0 radical (unpaired) electrons. The number of aromatic nitrogens is 1. The smallest absolute Gasteiger partial charge is 0.246 e. The number of pyridine rings is 1. The molecule has 1 amide bonds. The Kier molecular flexibility index (Phi) is 8.71. The van der Waals surface area contributed by atoms with Gasteiger partial charge in [0.2, 0.25) is 11.8 Å². The third kappa shape index (κ3) is 7.10. The number of nitriles is 1. The molecular formula is C30H40N4O4. The molecule has 0 saturated heterocycles. The number of aliphatic hydroxyl groups is 1. The van der Waals surface area contributed by atoms with Crippen LogP contribution in [0.2, 0.25) is 0 Å². The number of rotatable bonds is 10. The average Bonchev–Trinajstić information content (AvgIpc) is 2.85. The van der Waals surface area contributed by atoms with Gasteiger partial charge in [0.05, 0.1) is 23.8 Å². The zero-order valence-electron chi connectivity index (χ0n) is 22.9. The fraction of sp³-hybridized carbons (Fsp3) is 0.567. The molecule has 2 aromatic rings. The Bertz CT molecular complexity index is 1170. The number of benzene rings is 1. The van der Waals surface area contributed by atoms with Crippen LogP contribution in [-0.2, 0) is 22.4 Å². The molecule has 0 bridgehead atoms. The highest BCUT2D eigenvalue weighted by atomic mass is 16.5. The van der Waals surface area contributed by atoms with Gasteiger partial charge in [-0.05, 0) is 66.8 Å². The second kappa shape index (κ2) is 11.8. The molecule has 3 atom stereocenters. The zero-order chi connectivity index (χ0) is 27.3. The summed E-state index contributed by atoms with van der Waals surface area (Å²) in [6.45, 7) is 6.82. The normalized spacial score (nSPS) is 19.4. The number of methoxy groups -OCH3 is 1. The van der Waals surface area contributed by atoms with Crippen molar-refractivity contribution in [2.45, 2.75) is 83.1 Å². The second-order valence-electron chi connectivity index (χ2n) is 12.0. The first-order valence-corrected chi connectivity index (χ1v) is 13.5. The van der Waals surface area contributed by atoms with E-state index in [2.05, 4.69) is 43.5 Å². The topological polar surface area (TPSA) is 116 Å². The quantitative estimate of drug-likeness (QED) is 0.438. The minimum Gasteiger partial charge on any atom is -0.471 e. The molecule has 1 spiro atoms. The lowest BCUT2D eigenvalue weighted by atomic mass is 9.73. The summed E-state index contributed by atoms with van der Waals surface area (Å²) in [5.74, 6) is 0.382. The molecule has 1 aromatic heterocycles. The number of hydrogen-bond acceptors (Lipinski definition) is 7. The number of carbonyl (C=O) groups excluding carboxylic acids is 1. The van der Waals surface area contributed by atoms with Crippen LogP contribution in [0.15, 0.2) is 36.5 Å². The molecule has 204 valence electrons. The SMILES string of the molecule is COCC(=O)N[C@@H](Cc1cccc(C#N)c1)[C@@H](O)CN[C@H]1CC2(CCC2)Oc2ncc(CC(C)(C)C)cc21. The van der Waals surface area contributed by atoms with E-state index in [1.807, 2.05) is 18.3 Å². The number of nitrogens with zero attached hydrogens (tertiary/aromatic N) is 2. The molecule has 4 rings (SSSR count). The third-order valence-electron chi connectivity index (χ3n) is 7.37. The van der Waals surface area contributed by atoms with Crippen molar-refractivity contribution in [2.24, 2.45) is 5.41 Å². The Labute approximate surface area is 225 Å². The van der Waals surface area contributed by atoms with Crippen molar-refractivity contribution >= 4 is 5.91 Å². The summed E-state index contributed by atoms with van der Waals surface area (Å²) in [6, 6.07) is 11.0. The van der Waals surface area contributed by atoms with Crippen LogP contribution in [0.1, 0.15) is 74.8 Å². The third-order valence-corrected chi connectivity index (χ3v) is 7.37. The maximum Gasteiger partial charge on any atom is 0.246 e. The van der Waals surface area contributed by atoms with Crippen molar-refractivity contribution in [3.63, 3.8) is 0 Å².